The third-order valence-electron chi connectivity index (χ3n) is 2.89. The Kier molecular flexibility index (Phi) is 4.39. The van der Waals surface area contributed by atoms with Gasteiger partial charge in [-0.25, -0.2) is 13.1 Å². The molecule has 0 unspecified atom stereocenters. The Hall–Kier alpha value is -1.55. The molecule has 10 heteroatoms. The van der Waals surface area contributed by atoms with Crippen molar-refractivity contribution in [1.29, 1.82) is 0 Å². The maximum Gasteiger partial charge on any atom is 0.234 e. The highest BCUT2D eigenvalue weighted by atomic mass is 35.5. The third-order valence-corrected chi connectivity index (χ3v) is 5.57. The Morgan fingerprint density at radius 1 is 1.32 bits per heavy atom. The number of sulfonamides is 1. The molecule has 0 saturated heterocycles. The maximum atomic E-state index is 12.1. The fourth-order valence-corrected chi connectivity index (χ4v) is 4.16. The summed E-state index contributed by atoms with van der Waals surface area (Å²) in [5.41, 5.74) is 0.579. The van der Waals surface area contributed by atoms with Gasteiger partial charge in [0, 0.05) is 18.0 Å². The summed E-state index contributed by atoms with van der Waals surface area (Å²) in [6, 6.07) is 6.89. The van der Waals surface area contributed by atoms with Crippen molar-refractivity contribution < 1.29 is 8.42 Å². The lowest BCUT2D eigenvalue weighted by Gasteiger charge is -2.07. The summed E-state index contributed by atoms with van der Waals surface area (Å²) in [6.45, 7) is 0.275. The Morgan fingerprint density at radius 3 is 2.91 bits per heavy atom. The molecule has 3 aromatic rings. The van der Waals surface area contributed by atoms with E-state index in [1.807, 2.05) is 0 Å². The molecule has 2 aromatic heterocycles. The summed E-state index contributed by atoms with van der Waals surface area (Å²) in [4.78, 5) is 0.689. The van der Waals surface area contributed by atoms with Gasteiger partial charge in [-0.2, -0.15) is 9.61 Å². The van der Waals surface area contributed by atoms with Crippen LogP contribution in [0.3, 0.4) is 0 Å². The summed E-state index contributed by atoms with van der Waals surface area (Å²) in [5, 5.41) is 13.1. The van der Waals surface area contributed by atoms with Crippen molar-refractivity contribution in [1.82, 2.24) is 24.5 Å². The van der Waals surface area contributed by atoms with Crippen molar-refractivity contribution in [2.24, 2.45) is 0 Å². The van der Waals surface area contributed by atoms with Crippen molar-refractivity contribution in [2.45, 2.75) is 12.2 Å². The van der Waals surface area contributed by atoms with Gasteiger partial charge in [0.1, 0.15) is 11.3 Å². The number of fused-ring (bicyclic) bond motifs is 1. The number of nitrogens with one attached hydrogen (secondary N) is 1. The number of rotatable bonds is 6. The predicted octanol–water partition coefficient (Wildman–Crippen LogP) is 1.50. The molecule has 0 bridgehead atoms. The van der Waals surface area contributed by atoms with E-state index in [0.717, 1.165) is 5.01 Å². The van der Waals surface area contributed by atoms with E-state index in [1.165, 1.54) is 17.7 Å². The topological polar surface area (TPSA) is 89.2 Å². The van der Waals surface area contributed by atoms with Crippen LogP contribution in [0.15, 0.2) is 30.6 Å². The van der Waals surface area contributed by atoms with Crippen molar-refractivity contribution in [3.8, 4) is 0 Å². The average Bonchev–Trinajstić information content (AvgIpc) is 3.02. The first-order chi connectivity index (χ1) is 10.5. The lowest BCUT2D eigenvalue weighted by atomic mass is 10.2. The van der Waals surface area contributed by atoms with E-state index < -0.39 is 10.0 Å². The number of halogens is 1. The Balaban J connectivity index is 1.58. The molecule has 0 radical (unpaired) electrons. The van der Waals surface area contributed by atoms with Gasteiger partial charge in [-0.05, 0) is 11.6 Å². The normalized spacial score (nSPS) is 12.0. The van der Waals surface area contributed by atoms with Crippen LogP contribution in [0.5, 0.6) is 0 Å². The van der Waals surface area contributed by atoms with Crippen LogP contribution in [0.2, 0.25) is 5.02 Å². The molecule has 0 spiro atoms. The fraction of sp³-hybridized carbons (Fsp3) is 0.250. The number of hydrogen-bond acceptors (Lipinski definition) is 6. The highest BCUT2D eigenvalue weighted by molar-refractivity contribution is 7.88. The summed E-state index contributed by atoms with van der Waals surface area (Å²) in [7, 11) is -3.44. The zero-order valence-electron chi connectivity index (χ0n) is 11.3. The van der Waals surface area contributed by atoms with Crippen LogP contribution in [-0.4, -0.2) is 34.8 Å². The Labute approximate surface area is 136 Å². The van der Waals surface area contributed by atoms with Crippen LogP contribution >= 0.6 is 22.9 Å². The second kappa shape index (κ2) is 6.29. The number of benzene rings is 1. The van der Waals surface area contributed by atoms with Gasteiger partial charge in [-0.3, -0.25) is 0 Å². The van der Waals surface area contributed by atoms with E-state index in [4.69, 9.17) is 11.6 Å². The van der Waals surface area contributed by atoms with E-state index in [0.29, 0.717) is 22.0 Å². The molecule has 0 aliphatic carbocycles. The van der Waals surface area contributed by atoms with E-state index in [9.17, 15) is 8.42 Å². The van der Waals surface area contributed by atoms with Crippen LogP contribution in [0.4, 0.5) is 0 Å². The van der Waals surface area contributed by atoms with Crippen LogP contribution in [-0.2, 0) is 22.2 Å². The molecular formula is C12H12ClN5O2S2. The molecular weight excluding hydrogens is 346 g/mol. The van der Waals surface area contributed by atoms with E-state index in [2.05, 4.69) is 20.0 Å². The number of hydrogen-bond donors (Lipinski definition) is 1. The first-order valence-electron chi connectivity index (χ1n) is 6.40. The summed E-state index contributed by atoms with van der Waals surface area (Å²) in [6.07, 6.45) is 2.01. The largest absolute Gasteiger partial charge is 0.234 e. The molecule has 0 fully saturated rings. The quantitative estimate of drug-likeness (QED) is 0.722. The predicted molar refractivity (Wildman–Crippen MR) is 84.4 cm³/mol. The molecule has 0 aliphatic rings. The molecule has 1 aromatic carbocycles. The molecule has 116 valence electrons. The smallest absolute Gasteiger partial charge is 0.215 e. The Morgan fingerprint density at radius 2 is 2.14 bits per heavy atom. The van der Waals surface area contributed by atoms with Gasteiger partial charge in [-0.1, -0.05) is 41.1 Å². The first kappa shape index (κ1) is 15.3. The van der Waals surface area contributed by atoms with Crippen molar-refractivity contribution in [3.63, 3.8) is 0 Å². The lowest BCUT2D eigenvalue weighted by Crippen LogP contribution is -2.27. The van der Waals surface area contributed by atoms with Gasteiger partial charge in [0.25, 0.3) is 0 Å². The molecule has 2 heterocycles. The lowest BCUT2D eigenvalue weighted by molar-refractivity contribution is 0.580. The standard InChI is InChI=1S/C12H12ClN5O2S2/c13-10-4-2-1-3-9(10)7-22(19,20)15-6-5-11-17-18-8-14-16-12(18)21-11/h1-4,8,15H,5-7H2. The second-order valence-corrected chi connectivity index (χ2v) is 7.80. The van der Waals surface area contributed by atoms with Crippen molar-refractivity contribution in [2.75, 3.05) is 6.54 Å². The molecule has 0 amide bonds. The van der Waals surface area contributed by atoms with Crippen LogP contribution < -0.4 is 4.72 Å². The molecule has 3 rings (SSSR count). The van der Waals surface area contributed by atoms with Gasteiger partial charge in [0.2, 0.25) is 15.0 Å². The van der Waals surface area contributed by atoms with Crippen molar-refractivity contribution in [3.05, 3.63) is 46.2 Å². The van der Waals surface area contributed by atoms with Gasteiger partial charge in [0.05, 0.1) is 5.75 Å². The SMILES string of the molecule is O=S(=O)(Cc1ccccc1Cl)NCCc1nn2cnnc2s1. The van der Waals surface area contributed by atoms with Gasteiger partial charge < -0.3 is 0 Å². The molecule has 22 heavy (non-hydrogen) atoms. The van der Waals surface area contributed by atoms with Crippen LogP contribution in [0.25, 0.3) is 4.96 Å². The Bertz CT molecular complexity index is 861. The minimum Gasteiger partial charge on any atom is -0.215 e. The first-order valence-corrected chi connectivity index (χ1v) is 9.25. The molecule has 0 aliphatic heterocycles. The van der Waals surface area contributed by atoms with E-state index in [1.54, 1.807) is 28.8 Å². The number of aromatic nitrogens is 4. The monoisotopic (exact) mass is 357 g/mol. The van der Waals surface area contributed by atoms with E-state index >= 15 is 0 Å². The molecule has 1 N–H and O–H groups in total. The van der Waals surface area contributed by atoms with E-state index in [-0.39, 0.29) is 12.3 Å². The van der Waals surface area contributed by atoms with Gasteiger partial charge in [-0.15, -0.1) is 10.2 Å². The van der Waals surface area contributed by atoms with Gasteiger partial charge >= 0.3 is 0 Å². The third kappa shape index (κ3) is 3.61. The fourth-order valence-electron chi connectivity index (χ4n) is 1.89. The highest BCUT2D eigenvalue weighted by Crippen LogP contribution is 2.17. The summed E-state index contributed by atoms with van der Waals surface area (Å²) >= 11 is 7.36. The minimum atomic E-state index is -3.44. The summed E-state index contributed by atoms with van der Waals surface area (Å²) < 4.78 is 28.2. The summed E-state index contributed by atoms with van der Waals surface area (Å²) in [5.74, 6) is -0.141. The van der Waals surface area contributed by atoms with Crippen LogP contribution in [0, 0.1) is 0 Å². The van der Waals surface area contributed by atoms with Crippen LogP contribution in [0.1, 0.15) is 10.6 Å². The molecule has 7 nitrogen and oxygen atoms in total. The number of nitrogens with zero attached hydrogens (tertiary/aromatic N) is 4. The molecule has 0 saturated carbocycles. The van der Waals surface area contributed by atoms with Gasteiger partial charge in [0.15, 0.2) is 0 Å². The maximum absolute atomic E-state index is 12.1. The second-order valence-electron chi connectivity index (χ2n) is 4.55. The zero-order valence-corrected chi connectivity index (χ0v) is 13.7. The highest BCUT2D eigenvalue weighted by Gasteiger charge is 2.14. The minimum absolute atomic E-state index is 0.141. The zero-order chi connectivity index (χ0) is 15.6. The average molecular weight is 358 g/mol. The molecule has 0 atom stereocenters. The van der Waals surface area contributed by atoms with Crippen molar-refractivity contribution >= 4 is 37.9 Å².